The van der Waals surface area contributed by atoms with Crippen molar-refractivity contribution in [3.05, 3.63) is 59.4 Å². The van der Waals surface area contributed by atoms with Gasteiger partial charge < -0.3 is 9.64 Å². The molecule has 2 aromatic rings. The SMILES string of the molecule is COc1ccc2c(c1)C(=O)C(=O)N2Cc1ccccc1F. The Hall–Kier alpha value is -2.69. The van der Waals surface area contributed by atoms with E-state index in [1.807, 2.05) is 0 Å². The van der Waals surface area contributed by atoms with E-state index in [1.54, 1.807) is 30.3 Å². The molecule has 0 N–H and O–H groups in total. The normalized spacial score (nSPS) is 13.5. The summed E-state index contributed by atoms with van der Waals surface area (Å²) in [4.78, 5) is 25.4. The summed E-state index contributed by atoms with van der Waals surface area (Å²) in [5.41, 5.74) is 1.13. The van der Waals surface area contributed by atoms with E-state index in [2.05, 4.69) is 0 Å². The Morgan fingerprint density at radius 2 is 1.90 bits per heavy atom. The van der Waals surface area contributed by atoms with Crippen molar-refractivity contribution in [2.75, 3.05) is 12.0 Å². The van der Waals surface area contributed by atoms with Gasteiger partial charge in [-0.2, -0.15) is 0 Å². The Kier molecular flexibility index (Phi) is 3.17. The lowest BCUT2D eigenvalue weighted by Crippen LogP contribution is -2.29. The van der Waals surface area contributed by atoms with Gasteiger partial charge in [0.05, 0.1) is 24.9 Å². The second-order valence-electron chi connectivity index (χ2n) is 4.69. The van der Waals surface area contributed by atoms with Gasteiger partial charge in [0.15, 0.2) is 0 Å². The molecule has 0 spiro atoms. The Balaban J connectivity index is 2.00. The van der Waals surface area contributed by atoms with Gasteiger partial charge in [-0.1, -0.05) is 18.2 Å². The number of hydrogen-bond donors (Lipinski definition) is 0. The predicted octanol–water partition coefficient (Wildman–Crippen LogP) is 2.56. The second-order valence-corrected chi connectivity index (χ2v) is 4.69. The highest BCUT2D eigenvalue weighted by Crippen LogP contribution is 2.33. The van der Waals surface area contributed by atoms with E-state index < -0.39 is 17.5 Å². The largest absolute Gasteiger partial charge is 0.497 e. The average Bonchev–Trinajstić information content (AvgIpc) is 2.74. The number of methoxy groups -OCH3 is 1. The van der Waals surface area contributed by atoms with E-state index in [0.717, 1.165) is 0 Å². The minimum atomic E-state index is -0.651. The zero-order valence-corrected chi connectivity index (χ0v) is 11.3. The van der Waals surface area contributed by atoms with Crippen molar-refractivity contribution in [1.29, 1.82) is 0 Å². The Bertz CT molecular complexity index is 742. The number of fused-ring (bicyclic) bond motifs is 1. The van der Waals surface area contributed by atoms with Gasteiger partial charge in [-0.15, -0.1) is 0 Å². The maximum absolute atomic E-state index is 13.7. The highest BCUT2D eigenvalue weighted by atomic mass is 19.1. The third-order valence-electron chi connectivity index (χ3n) is 3.46. The van der Waals surface area contributed by atoms with E-state index in [4.69, 9.17) is 4.74 Å². The highest BCUT2D eigenvalue weighted by molar-refractivity contribution is 6.52. The lowest BCUT2D eigenvalue weighted by molar-refractivity contribution is -0.114. The lowest BCUT2D eigenvalue weighted by Gasteiger charge is -2.17. The molecule has 4 nitrogen and oxygen atoms in total. The molecule has 0 aliphatic carbocycles. The first-order valence-corrected chi connectivity index (χ1v) is 6.39. The summed E-state index contributed by atoms with van der Waals surface area (Å²) in [5, 5.41) is 0. The number of ketones is 1. The summed E-state index contributed by atoms with van der Waals surface area (Å²) >= 11 is 0. The van der Waals surface area contributed by atoms with E-state index in [9.17, 15) is 14.0 Å². The summed E-state index contributed by atoms with van der Waals surface area (Å²) in [5.74, 6) is -1.15. The molecule has 0 fully saturated rings. The zero-order chi connectivity index (χ0) is 15.0. The van der Waals surface area contributed by atoms with Crippen molar-refractivity contribution in [2.45, 2.75) is 6.54 Å². The molecule has 106 valence electrons. The fourth-order valence-electron chi connectivity index (χ4n) is 2.36. The molecule has 0 saturated carbocycles. The van der Waals surface area contributed by atoms with Crippen LogP contribution in [-0.4, -0.2) is 18.8 Å². The molecule has 5 heteroatoms. The summed E-state index contributed by atoms with van der Waals surface area (Å²) in [6.07, 6.45) is 0. The molecule has 0 bridgehead atoms. The molecule has 3 rings (SSSR count). The smallest absolute Gasteiger partial charge is 0.299 e. The molecule has 0 atom stereocenters. The lowest BCUT2D eigenvalue weighted by atomic mass is 10.1. The topological polar surface area (TPSA) is 46.6 Å². The van der Waals surface area contributed by atoms with Crippen molar-refractivity contribution in [2.24, 2.45) is 0 Å². The maximum Gasteiger partial charge on any atom is 0.299 e. The predicted molar refractivity (Wildman–Crippen MR) is 74.9 cm³/mol. The Morgan fingerprint density at radius 3 is 2.62 bits per heavy atom. The van der Waals surface area contributed by atoms with Gasteiger partial charge >= 0.3 is 0 Å². The van der Waals surface area contributed by atoms with Crippen LogP contribution in [0.5, 0.6) is 5.75 Å². The molecule has 0 radical (unpaired) electrons. The van der Waals surface area contributed by atoms with Crippen LogP contribution in [0.2, 0.25) is 0 Å². The average molecular weight is 285 g/mol. The fourth-order valence-corrected chi connectivity index (χ4v) is 2.36. The van der Waals surface area contributed by atoms with Crippen LogP contribution >= 0.6 is 0 Å². The van der Waals surface area contributed by atoms with Gasteiger partial charge in [0.25, 0.3) is 11.7 Å². The van der Waals surface area contributed by atoms with Crippen molar-refractivity contribution in [1.82, 2.24) is 0 Å². The number of anilines is 1. The number of nitrogens with zero attached hydrogens (tertiary/aromatic N) is 1. The van der Waals surface area contributed by atoms with Crippen LogP contribution in [0.1, 0.15) is 15.9 Å². The molecule has 1 heterocycles. The summed E-state index contributed by atoms with van der Waals surface area (Å²) in [7, 11) is 1.49. The molecule has 1 aliphatic rings. The first-order chi connectivity index (χ1) is 10.1. The number of amides is 1. The van der Waals surface area contributed by atoms with Crippen LogP contribution in [0.4, 0.5) is 10.1 Å². The molecule has 21 heavy (non-hydrogen) atoms. The molecular weight excluding hydrogens is 273 g/mol. The molecule has 0 unspecified atom stereocenters. The van der Waals surface area contributed by atoms with Crippen LogP contribution < -0.4 is 9.64 Å². The van der Waals surface area contributed by atoms with E-state index >= 15 is 0 Å². The monoisotopic (exact) mass is 285 g/mol. The van der Waals surface area contributed by atoms with Crippen molar-refractivity contribution in [3.8, 4) is 5.75 Å². The van der Waals surface area contributed by atoms with Gasteiger partial charge in [-0.3, -0.25) is 9.59 Å². The number of ether oxygens (including phenoxy) is 1. The first-order valence-electron chi connectivity index (χ1n) is 6.39. The third-order valence-corrected chi connectivity index (χ3v) is 3.46. The van der Waals surface area contributed by atoms with Gasteiger partial charge in [0.2, 0.25) is 0 Å². The van der Waals surface area contributed by atoms with Gasteiger partial charge in [-0.25, -0.2) is 4.39 Å². The zero-order valence-electron chi connectivity index (χ0n) is 11.3. The molecule has 1 aliphatic heterocycles. The van der Waals surface area contributed by atoms with Crippen molar-refractivity contribution in [3.63, 3.8) is 0 Å². The first kappa shape index (κ1) is 13.3. The molecular formula is C16H12FNO3. The van der Waals surface area contributed by atoms with Crippen LogP contribution in [0.25, 0.3) is 0 Å². The molecule has 0 aromatic heterocycles. The van der Waals surface area contributed by atoms with Crippen LogP contribution in [0, 0.1) is 5.82 Å². The van der Waals surface area contributed by atoms with Crippen LogP contribution in [0.3, 0.4) is 0 Å². The number of rotatable bonds is 3. The van der Waals surface area contributed by atoms with Crippen molar-refractivity contribution < 1.29 is 18.7 Å². The number of benzene rings is 2. The highest BCUT2D eigenvalue weighted by Gasteiger charge is 2.36. The molecule has 2 aromatic carbocycles. The molecule has 0 saturated heterocycles. The van der Waals surface area contributed by atoms with Crippen LogP contribution in [0.15, 0.2) is 42.5 Å². The Morgan fingerprint density at radius 1 is 1.14 bits per heavy atom. The van der Waals surface area contributed by atoms with E-state index in [1.165, 1.54) is 24.1 Å². The number of hydrogen-bond acceptors (Lipinski definition) is 3. The van der Waals surface area contributed by atoms with Gasteiger partial charge in [-0.05, 0) is 24.3 Å². The summed E-state index contributed by atoms with van der Waals surface area (Å²) < 4.78 is 18.8. The van der Waals surface area contributed by atoms with Gasteiger partial charge in [0.1, 0.15) is 11.6 Å². The Labute approximate surface area is 120 Å². The van der Waals surface area contributed by atoms with Crippen LogP contribution in [-0.2, 0) is 11.3 Å². The standard InChI is InChI=1S/C16H12FNO3/c1-21-11-6-7-14-12(8-11)15(19)16(20)18(14)9-10-4-2-3-5-13(10)17/h2-8H,9H2,1H3. The minimum absolute atomic E-state index is 0.0244. The summed E-state index contributed by atoms with van der Waals surface area (Å²) in [6, 6.07) is 11.0. The maximum atomic E-state index is 13.7. The fraction of sp³-hybridized carbons (Fsp3) is 0.125. The molecule has 1 amide bonds. The minimum Gasteiger partial charge on any atom is -0.497 e. The van der Waals surface area contributed by atoms with Crippen molar-refractivity contribution >= 4 is 17.4 Å². The number of carbonyl (C=O) groups excluding carboxylic acids is 2. The number of carbonyl (C=O) groups is 2. The summed E-state index contributed by atoms with van der Waals surface area (Å²) in [6.45, 7) is 0.0244. The number of Topliss-reactive ketones (excluding diaryl/α,β-unsaturated/α-hetero) is 1. The second kappa shape index (κ2) is 5.01. The van der Waals surface area contributed by atoms with E-state index in [0.29, 0.717) is 17.0 Å². The van der Waals surface area contributed by atoms with Gasteiger partial charge in [0, 0.05) is 5.56 Å². The number of halogens is 1. The van der Waals surface area contributed by atoms with E-state index in [-0.39, 0.29) is 12.1 Å². The third kappa shape index (κ3) is 2.16. The quantitative estimate of drug-likeness (QED) is 0.814.